The van der Waals surface area contributed by atoms with Gasteiger partial charge < -0.3 is 4.57 Å². The lowest BCUT2D eigenvalue weighted by molar-refractivity contribution is -0.384. The van der Waals surface area contributed by atoms with Crippen molar-refractivity contribution in [2.45, 2.75) is 20.4 Å². The topological polar surface area (TPSA) is 100 Å². The van der Waals surface area contributed by atoms with Crippen molar-refractivity contribution in [1.29, 1.82) is 0 Å². The lowest BCUT2D eigenvalue weighted by Gasteiger charge is -2.10. The number of Topliss-reactive ketones (excluding diaryl/α,β-unsaturated/α-hetero) is 1. The average Bonchev–Trinajstić information content (AvgIpc) is 3.03. The van der Waals surface area contributed by atoms with Crippen molar-refractivity contribution in [2.24, 2.45) is 0 Å². The Morgan fingerprint density at radius 1 is 1.16 bits per heavy atom. The van der Waals surface area contributed by atoms with Crippen molar-refractivity contribution in [3.63, 3.8) is 0 Å². The maximum atomic E-state index is 13.6. The molecule has 4 aromatic rings. The van der Waals surface area contributed by atoms with E-state index >= 15 is 0 Å². The molecular weight excluding hydrogens is 403 g/mol. The fraction of sp³-hybridized carbons (Fsp3) is 0.136. The summed E-state index contributed by atoms with van der Waals surface area (Å²) in [5.74, 6) is -0.687. The smallest absolute Gasteiger partial charge is 0.271 e. The van der Waals surface area contributed by atoms with Gasteiger partial charge in [0.1, 0.15) is 5.82 Å². The lowest BCUT2D eigenvalue weighted by atomic mass is 10.1. The zero-order chi connectivity index (χ0) is 22.3. The second-order valence-corrected chi connectivity index (χ2v) is 7.16. The molecule has 2 heterocycles. The number of ketones is 1. The van der Waals surface area contributed by atoms with Crippen LogP contribution in [-0.2, 0) is 6.54 Å². The van der Waals surface area contributed by atoms with Crippen molar-refractivity contribution in [3.05, 3.63) is 98.1 Å². The summed E-state index contributed by atoms with van der Waals surface area (Å²) in [7, 11) is 0. The number of fused-ring (bicyclic) bond motifs is 1. The van der Waals surface area contributed by atoms with Gasteiger partial charge in [0.25, 0.3) is 11.2 Å². The van der Waals surface area contributed by atoms with Crippen LogP contribution in [0.25, 0.3) is 16.6 Å². The number of nitrogens with zero attached hydrogens (tertiary/aromatic N) is 4. The predicted octanol–water partition coefficient (Wildman–Crippen LogP) is 3.73. The SMILES string of the molecule is Cc1cc(C(=O)Cn2cnc3cc([N+](=O)[O-])ccc3c2=O)c(C)n1-c1cccc(F)c1. The van der Waals surface area contributed by atoms with Crippen LogP contribution in [0.5, 0.6) is 0 Å². The Bertz CT molecular complexity index is 1420. The van der Waals surface area contributed by atoms with Gasteiger partial charge in [-0.25, -0.2) is 9.37 Å². The summed E-state index contributed by atoms with van der Waals surface area (Å²) in [4.78, 5) is 40.1. The van der Waals surface area contributed by atoms with Gasteiger partial charge in [0.05, 0.1) is 28.7 Å². The number of aromatic nitrogens is 3. The molecule has 4 rings (SSSR count). The molecule has 0 atom stereocenters. The molecule has 0 aliphatic carbocycles. The number of hydrogen-bond acceptors (Lipinski definition) is 5. The van der Waals surface area contributed by atoms with Crippen LogP contribution in [0.3, 0.4) is 0 Å². The van der Waals surface area contributed by atoms with E-state index in [0.29, 0.717) is 16.9 Å². The van der Waals surface area contributed by atoms with E-state index < -0.39 is 10.5 Å². The molecule has 0 saturated carbocycles. The third kappa shape index (κ3) is 3.61. The molecule has 0 amide bonds. The molecule has 2 aromatic carbocycles. The molecule has 0 radical (unpaired) electrons. The van der Waals surface area contributed by atoms with Crippen LogP contribution < -0.4 is 5.56 Å². The first-order valence-corrected chi connectivity index (χ1v) is 9.38. The summed E-state index contributed by atoms with van der Waals surface area (Å²) in [5, 5.41) is 11.1. The summed E-state index contributed by atoms with van der Waals surface area (Å²) < 4.78 is 16.6. The van der Waals surface area contributed by atoms with Crippen LogP contribution in [-0.4, -0.2) is 24.8 Å². The number of non-ortho nitro benzene ring substituents is 1. The average molecular weight is 420 g/mol. The molecule has 0 fully saturated rings. The second kappa shape index (κ2) is 7.60. The number of hydrogen-bond donors (Lipinski definition) is 0. The highest BCUT2D eigenvalue weighted by Gasteiger charge is 2.19. The Labute approximate surface area is 175 Å². The van der Waals surface area contributed by atoms with Crippen molar-refractivity contribution in [2.75, 3.05) is 0 Å². The van der Waals surface area contributed by atoms with Crippen molar-refractivity contribution in [1.82, 2.24) is 14.1 Å². The van der Waals surface area contributed by atoms with E-state index in [9.17, 15) is 24.1 Å². The minimum atomic E-state index is -0.565. The quantitative estimate of drug-likeness (QED) is 0.278. The maximum absolute atomic E-state index is 13.6. The largest absolute Gasteiger partial charge is 0.318 e. The Balaban J connectivity index is 1.69. The summed E-state index contributed by atoms with van der Waals surface area (Å²) >= 11 is 0. The first-order valence-electron chi connectivity index (χ1n) is 9.38. The predicted molar refractivity (Wildman–Crippen MR) is 112 cm³/mol. The van der Waals surface area contributed by atoms with E-state index in [4.69, 9.17) is 0 Å². The number of benzene rings is 2. The van der Waals surface area contributed by atoms with Gasteiger partial charge in [-0.05, 0) is 44.2 Å². The number of rotatable bonds is 5. The number of carbonyl (C=O) groups excluding carboxylic acids is 1. The van der Waals surface area contributed by atoms with Gasteiger partial charge in [-0.3, -0.25) is 24.3 Å². The molecule has 9 heteroatoms. The zero-order valence-electron chi connectivity index (χ0n) is 16.7. The molecule has 0 N–H and O–H groups in total. The summed E-state index contributed by atoms with van der Waals surface area (Å²) in [6, 6.07) is 11.5. The number of nitro groups is 1. The third-order valence-corrected chi connectivity index (χ3v) is 5.13. The maximum Gasteiger partial charge on any atom is 0.271 e. The zero-order valence-corrected chi connectivity index (χ0v) is 16.7. The van der Waals surface area contributed by atoms with Gasteiger partial charge in [-0.15, -0.1) is 0 Å². The van der Waals surface area contributed by atoms with Crippen molar-refractivity contribution in [3.8, 4) is 5.69 Å². The van der Waals surface area contributed by atoms with Gasteiger partial charge in [0.2, 0.25) is 0 Å². The number of carbonyl (C=O) groups is 1. The summed E-state index contributed by atoms with van der Waals surface area (Å²) in [6.45, 7) is 3.32. The van der Waals surface area contributed by atoms with Crippen LogP contribution in [0.15, 0.2) is 59.7 Å². The first-order chi connectivity index (χ1) is 14.8. The monoisotopic (exact) mass is 420 g/mol. The lowest BCUT2D eigenvalue weighted by Crippen LogP contribution is -2.25. The summed E-state index contributed by atoms with van der Waals surface area (Å²) in [5.41, 5.74) is 1.95. The molecular formula is C22H17FN4O4. The molecule has 0 spiro atoms. The van der Waals surface area contributed by atoms with Crippen LogP contribution in [0.1, 0.15) is 21.7 Å². The van der Waals surface area contributed by atoms with E-state index in [1.54, 1.807) is 29.7 Å². The normalized spacial score (nSPS) is 11.1. The third-order valence-electron chi connectivity index (χ3n) is 5.13. The van der Waals surface area contributed by atoms with E-state index in [0.717, 1.165) is 5.69 Å². The van der Waals surface area contributed by atoms with Crippen LogP contribution in [0.2, 0.25) is 0 Å². The van der Waals surface area contributed by atoms with Gasteiger partial charge >= 0.3 is 0 Å². The molecule has 0 bridgehead atoms. The molecule has 2 aromatic heterocycles. The van der Waals surface area contributed by atoms with E-state index in [1.165, 1.54) is 41.2 Å². The van der Waals surface area contributed by atoms with Gasteiger partial charge in [-0.1, -0.05) is 6.07 Å². The molecule has 31 heavy (non-hydrogen) atoms. The Kier molecular flexibility index (Phi) is 4.94. The molecule has 0 unspecified atom stereocenters. The molecule has 0 aliphatic rings. The molecule has 0 saturated heterocycles. The first kappa shape index (κ1) is 20.1. The second-order valence-electron chi connectivity index (χ2n) is 7.16. The Hall–Kier alpha value is -4.14. The minimum Gasteiger partial charge on any atom is -0.318 e. The fourth-order valence-electron chi connectivity index (χ4n) is 3.67. The fourth-order valence-corrected chi connectivity index (χ4v) is 3.67. The minimum absolute atomic E-state index is 0.169. The number of halogens is 1. The Morgan fingerprint density at radius 2 is 1.94 bits per heavy atom. The highest BCUT2D eigenvalue weighted by atomic mass is 19.1. The van der Waals surface area contributed by atoms with Crippen LogP contribution >= 0.6 is 0 Å². The standard InChI is InChI=1S/C22H17FN4O4/c1-13-8-19(14(2)26(13)16-5-3-4-15(23)9-16)21(28)11-25-12-24-20-10-17(27(30)31)6-7-18(20)22(25)29/h3-10,12H,11H2,1-2H3. The number of aryl methyl sites for hydroxylation is 1. The molecule has 0 aliphatic heterocycles. The molecule has 8 nitrogen and oxygen atoms in total. The van der Waals surface area contributed by atoms with Gasteiger partial charge in [0.15, 0.2) is 5.78 Å². The van der Waals surface area contributed by atoms with Gasteiger partial charge in [0, 0.05) is 34.8 Å². The Morgan fingerprint density at radius 3 is 2.65 bits per heavy atom. The van der Waals surface area contributed by atoms with E-state index in [2.05, 4.69) is 4.98 Å². The van der Waals surface area contributed by atoms with E-state index in [-0.39, 0.29) is 34.7 Å². The molecule has 156 valence electrons. The highest BCUT2D eigenvalue weighted by Crippen LogP contribution is 2.22. The van der Waals surface area contributed by atoms with E-state index in [1.807, 2.05) is 6.92 Å². The summed E-state index contributed by atoms with van der Waals surface area (Å²) in [6.07, 6.45) is 1.21. The number of nitro benzene ring substituents is 1. The van der Waals surface area contributed by atoms with Gasteiger partial charge in [-0.2, -0.15) is 0 Å². The van der Waals surface area contributed by atoms with Crippen molar-refractivity contribution >= 4 is 22.4 Å². The van der Waals surface area contributed by atoms with Crippen LogP contribution in [0.4, 0.5) is 10.1 Å². The van der Waals surface area contributed by atoms with Crippen molar-refractivity contribution < 1.29 is 14.1 Å². The van der Waals surface area contributed by atoms with Crippen LogP contribution in [0, 0.1) is 29.8 Å². The highest BCUT2D eigenvalue weighted by molar-refractivity contribution is 5.97.